The summed E-state index contributed by atoms with van der Waals surface area (Å²) in [6, 6.07) is 13.7. The number of benzene rings is 2. The number of likely N-dealkylation sites (N-methyl/N-ethyl adjacent to an activating group) is 1. The summed E-state index contributed by atoms with van der Waals surface area (Å²) in [5.74, 6) is 2.50. The number of H-pyrrole nitrogens is 1. The molecule has 2 aromatic carbocycles. The first-order valence-corrected chi connectivity index (χ1v) is 16.9. The third-order valence-corrected chi connectivity index (χ3v) is 10.3. The first-order chi connectivity index (χ1) is 21.6. The Bertz CT molecular complexity index is 1660. The third kappa shape index (κ3) is 5.70. The van der Waals surface area contributed by atoms with E-state index in [2.05, 4.69) is 67.2 Å². The van der Waals surface area contributed by atoms with Crippen LogP contribution in [0.3, 0.4) is 0 Å². The summed E-state index contributed by atoms with van der Waals surface area (Å²) in [6.07, 6.45) is 11.2. The van der Waals surface area contributed by atoms with E-state index in [0.717, 1.165) is 55.4 Å². The van der Waals surface area contributed by atoms with Crippen molar-refractivity contribution in [2.45, 2.75) is 103 Å². The predicted octanol–water partition coefficient (Wildman–Crippen LogP) is 8.61. The zero-order valence-corrected chi connectivity index (χ0v) is 27.7. The van der Waals surface area contributed by atoms with Crippen LogP contribution < -0.4 is 4.90 Å². The Morgan fingerprint density at radius 2 is 1.73 bits per heavy atom. The van der Waals surface area contributed by atoms with Gasteiger partial charge in [0, 0.05) is 55.1 Å². The van der Waals surface area contributed by atoms with Crippen molar-refractivity contribution in [2.75, 3.05) is 18.5 Å². The van der Waals surface area contributed by atoms with Crippen LogP contribution in [0.4, 0.5) is 10.5 Å². The number of amides is 1. The van der Waals surface area contributed by atoms with Crippen LogP contribution in [0, 0.1) is 5.92 Å². The van der Waals surface area contributed by atoms with Crippen LogP contribution in [0.2, 0.25) is 0 Å². The lowest BCUT2D eigenvalue weighted by Crippen LogP contribution is -2.46. The normalized spacial score (nSPS) is 24.7. The van der Waals surface area contributed by atoms with Gasteiger partial charge in [0.1, 0.15) is 11.4 Å². The van der Waals surface area contributed by atoms with Crippen LogP contribution in [0.5, 0.6) is 0 Å². The molecule has 1 amide bonds. The Hall–Kier alpha value is -3.87. The Kier molecular flexibility index (Phi) is 7.61. The van der Waals surface area contributed by atoms with Crippen molar-refractivity contribution in [1.29, 1.82) is 0 Å². The summed E-state index contributed by atoms with van der Waals surface area (Å²) >= 11 is 0. The number of nitrogens with one attached hydrogen (secondary N) is 1. The number of nitrogens with zero attached hydrogens (tertiary/aromatic N) is 4. The van der Waals surface area contributed by atoms with Crippen molar-refractivity contribution in [3.8, 4) is 22.4 Å². The number of hydrogen-bond acceptors (Lipinski definition) is 5. The van der Waals surface area contributed by atoms with Gasteiger partial charge in [-0.1, -0.05) is 43.3 Å². The average Bonchev–Trinajstić information content (AvgIpc) is 3.83. The summed E-state index contributed by atoms with van der Waals surface area (Å²) in [4.78, 5) is 30.7. The molecule has 0 bridgehead atoms. The molecule has 4 heterocycles. The fraction of sp³-hybridized carbons (Fsp3) is 0.500. The molecule has 7 rings (SSSR count). The third-order valence-electron chi connectivity index (χ3n) is 10.3. The van der Waals surface area contributed by atoms with E-state index < -0.39 is 5.60 Å². The summed E-state index contributed by atoms with van der Waals surface area (Å²) in [7, 11) is 2.20. The van der Waals surface area contributed by atoms with Gasteiger partial charge in [0.25, 0.3) is 0 Å². The molecule has 45 heavy (non-hydrogen) atoms. The van der Waals surface area contributed by atoms with E-state index >= 15 is 0 Å². The van der Waals surface area contributed by atoms with Gasteiger partial charge in [0.05, 0.1) is 17.9 Å². The number of carbonyl (C=O) groups is 1. The molecule has 3 aliphatic heterocycles. The minimum absolute atomic E-state index is 0.0140. The number of ether oxygens (including phenoxy) is 1. The number of aromatic amines is 1. The highest BCUT2D eigenvalue weighted by Crippen LogP contribution is 2.44. The lowest BCUT2D eigenvalue weighted by atomic mass is 9.90. The minimum atomic E-state index is -0.519. The Balaban J connectivity index is 1.10. The maximum absolute atomic E-state index is 13.1. The van der Waals surface area contributed by atoms with Crippen LogP contribution in [-0.2, 0) is 11.2 Å². The second kappa shape index (κ2) is 11.5. The van der Waals surface area contributed by atoms with Crippen molar-refractivity contribution in [3.05, 3.63) is 65.7 Å². The Labute approximate surface area is 267 Å². The molecule has 1 aromatic heterocycles. The van der Waals surface area contributed by atoms with Crippen molar-refractivity contribution in [2.24, 2.45) is 10.9 Å². The van der Waals surface area contributed by atoms with Gasteiger partial charge in [-0.25, -0.2) is 9.78 Å². The monoisotopic (exact) mass is 605 g/mol. The van der Waals surface area contributed by atoms with Crippen LogP contribution in [0.15, 0.2) is 53.8 Å². The second-order valence-electron chi connectivity index (χ2n) is 14.8. The number of likely N-dealkylation sites (tertiary alicyclic amines) is 1. The number of rotatable bonds is 5. The highest BCUT2D eigenvalue weighted by molar-refractivity contribution is 6.04. The first-order valence-electron chi connectivity index (χ1n) is 16.9. The Morgan fingerprint density at radius 1 is 0.978 bits per heavy atom. The highest BCUT2D eigenvalue weighted by atomic mass is 16.6. The van der Waals surface area contributed by atoms with E-state index in [4.69, 9.17) is 14.7 Å². The number of hydrogen-bond donors (Lipinski definition) is 1. The van der Waals surface area contributed by atoms with E-state index in [1.165, 1.54) is 58.3 Å². The zero-order valence-electron chi connectivity index (χ0n) is 27.7. The van der Waals surface area contributed by atoms with E-state index in [1.807, 2.05) is 38.1 Å². The van der Waals surface area contributed by atoms with Crippen molar-refractivity contribution < 1.29 is 9.53 Å². The summed E-state index contributed by atoms with van der Waals surface area (Å²) in [6.45, 7) is 11.2. The Morgan fingerprint density at radius 3 is 2.47 bits per heavy atom. The van der Waals surface area contributed by atoms with Crippen molar-refractivity contribution in [3.63, 3.8) is 0 Å². The van der Waals surface area contributed by atoms with Gasteiger partial charge in [-0.2, -0.15) is 0 Å². The summed E-state index contributed by atoms with van der Waals surface area (Å²) < 4.78 is 5.78. The lowest BCUT2D eigenvalue weighted by molar-refractivity contribution is 0.0205. The summed E-state index contributed by atoms with van der Waals surface area (Å²) in [5, 5.41) is 0. The molecule has 4 atom stereocenters. The van der Waals surface area contributed by atoms with Gasteiger partial charge in [-0.05, 0) is 100.0 Å². The maximum atomic E-state index is 13.1. The van der Waals surface area contributed by atoms with Crippen LogP contribution in [0.25, 0.3) is 28.0 Å². The molecule has 7 nitrogen and oxygen atoms in total. The molecule has 1 N–H and O–H groups in total. The fourth-order valence-electron chi connectivity index (χ4n) is 7.97. The van der Waals surface area contributed by atoms with Gasteiger partial charge >= 0.3 is 6.09 Å². The predicted molar refractivity (Wildman–Crippen MR) is 183 cm³/mol. The van der Waals surface area contributed by atoms with E-state index in [9.17, 15) is 4.79 Å². The molecule has 0 unspecified atom stereocenters. The zero-order chi connectivity index (χ0) is 31.5. The molecule has 7 heteroatoms. The number of aliphatic imine (C=N–C) groups is 1. The number of imidazole rings is 1. The molecule has 4 aliphatic rings. The molecule has 3 aromatic rings. The van der Waals surface area contributed by atoms with Gasteiger partial charge in [0.2, 0.25) is 0 Å². The van der Waals surface area contributed by atoms with Crippen LogP contribution in [-0.4, -0.2) is 57.9 Å². The second-order valence-corrected chi connectivity index (χ2v) is 14.8. The van der Waals surface area contributed by atoms with Gasteiger partial charge in [0.15, 0.2) is 0 Å². The molecule has 1 saturated heterocycles. The maximum Gasteiger partial charge on any atom is 0.411 e. The van der Waals surface area contributed by atoms with E-state index in [0.29, 0.717) is 5.92 Å². The number of allylic oxidation sites excluding steroid dienone is 1. The quantitative estimate of drug-likeness (QED) is 0.316. The summed E-state index contributed by atoms with van der Waals surface area (Å²) in [5.41, 5.74) is 10.6. The molecule has 2 fully saturated rings. The molecule has 0 spiro atoms. The molecule has 0 radical (unpaired) electrons. The van der Waals surface area contributed by atoms with Crippen LogP contribution >= 0.6 is 0 Å². The van der Waals surface area contributed by atoms with Crippen LogP contribution in [0.1, 0.15) is 96.0 Å². The molecule has 1 saturated carbocycles. The van der Waals surface area contributed by atoms with E-state index in [1.54, 1.807) is 0 Å². The van der Waals surface area contributed by atoms with E-state index in [-0.39, 0.29) is 18.2 Å². The lowest BCUT2D eigenvalue weighted by Gasteiger charge is -2.31. The van der Waals surface area contributed by atoms with Gasteiger partial charge in [-0.3, -0.25) is 9.89 Å². The van der Waals surface area contributed by atoms with Gasteiger partial charge < -0.3 is 14.6 Å². The largest absolute Gasteiger partial charge is 0.444 e. The molecule has 1 aliphatic carbocycles. The molecule has 236 valence electrons. The average molecular weight is 606 g/mol. The number of carbonyl (C=O) groups excluding carboxylic acids is 1. The SMILES string of the molecule is C[C@H]1CC[C@@H](c2ncc(-c3ccc(-c4ccc(C5=CN=C([C@@H]6CC[C@H](C)N6C(=O)OC(C)(C)C)C5)c5c4CCN5C)cc3)[nH]2)C1. The molecular weight excluding hydrogens is 558 g/mol. The number of anilines is 1. The van der Waals surface area contributed by atoms with Crippen molar-refractivity contribution >= 4 is 23.1 Å². The smallest absolute Gasteiger partial charge is 0.411 e. The van der Waals surface area contributed by atoms with Gasteiger partial charge in [-0.15, -0.1) is 0 Å². The minimum Gasteiger partial charge on any atom is -0.444 e. The number of fused-ring (bicyclic) bond motifs is 1. The number of aromatic nitrogens is 2. The highest BCUT2D eigenvalue weighted by Gasteiger charge is 2.40. The first kappa shape index (κ1) is 29.8. The van der Waals surface area contributed by atoms with Crippen molar-refractivity contribution in [1.82, 2.24) is 14.9 Å². The topological polar surface area (TPSA) is 73.8 Å². The molecular formula is C38H47N5O2. The fourth-order valence-corrected chi connectivity index (χ4v) is 7.97. The standard InChI is InChI=1S/C38H47N5O2/c1-23-7-9-27(19-23)36-40-22-33(41-36)26-12-10-25(11-13-26)29-14-15-30(35-31(29)17-18-42(35)6)28-20-32(39-21-28)34-16-8-24(2)43(34)37(44)45-38(3,4)5/h10-15,21-24,27,34H,7-9,16-20H2,1-6H3,(H,40,41)/t23-,24-,27+,34-/m0/s1.